The highest BCUT2D eigenvalue weighted by Crippen LogP contribution is 2.45. The predicted octanol–water partition coefficient (Wildman–Crippen LogP) is 4.16. The highest BCUT2D eigenvalue weighted by molar-refractivity contribution is 8.00. The lowest BCUT2D eigenvalue weighted by molar-refractivity contribution is -0.127. The van der Waals surface area contributed by atoms with Crippen LogP contribution in [-0.4, -0.2) is 69.7 Å². The van der Waals surface area contributed by atoms with Crippen LogP contribution in [0.4, 0.5) is 0 Å². The first-order valence-electron chi connectivity index (χ1n) is 13.2. The Morgan fingerprint density at radius 1 is 0.865 bits per heavy atom. The molecule has 1 aliphatic carbocycles. The van der Waals surface area contributed by atoms with Crippen molar-refractivity contribution in [1.82, 2.24) is 9.80 Å². The van der Waals surface area contributed by atoms with Gasteiger partial charge in [-0.15, -0.1) is 11.8 Å². The molecule has 5 rings (SSSR count). The van der Waals surface area contributed by atoms with E-state index in [1.807, 2.05) is 9.80 Å². The summed E-state index contributed by atoms with van der Waals surface area (Å²) in [6.45, 7) is 2.99. The number of piperidine rings is 2. The normalized spacial score (nSPS) is 24.3. The van der Waals surface area contributed by atoms with Crippen molar-refractivity contribution >= 4 is 41.2 Å². The van der Waals surface area contributed by atoms with Crippen LogP contribution in [0, 0.1) is 5.92 Å². The second-order valence-corrected chi connectivity index (χ2v) is 11.4. The Morgan fingerprint density at radius 2 is 1.46 bits per heavy atom. The van der Waals surface area contributed by atoms with Gasteiger partial charge in [0.05, 0.1) is 0 Å². The summed E-state index contributed by atoms with van der Waals surface area (Å²) in [6.07, 6.45) is 14.3. The summed E-state index contributed by atoms with van der Waals surface area (Å²) in [5.41, 5.74) is 1.34. The number of thioether (sulfide) groups is 1. The van der Waals surface area contributed by atoms with Gasteiger partial charge in [0.15, 0.2) is 11.6 Å². The zero-order chi connectivity index (χ0) is 25.9. The molecule has 37 heavy (non-hydrogen) atoms. The molecule has 4 aliphatic rings. The number of aromatic hydroxyl groups is 1. The van der Waals surface area contributed by atoms with Gasteiger partial charge >= 0.3 is 0 Å². The van der Waals surface area contributed by atoms with Crippen molar-refractivity contribution in [3.05, 3.63) is 53.1 Å². The molecule has 0 radical (unpaired) electrons. The number of phenolic OH excluding ortho intramolecular Hbond substituents is 1. The first-order valence-corrected chi connectivity index (χ1v) is 14.1. The van der Waals surface area contributed by atoms with Crippen LogP contribution < -0.4 is 0 Å². The third-order valence-electron chi connectivity index (χ3n) is 7.61. The number of phenols is 1. The smallest absolute Gasteiger partial charge is 0.246 e. The molecule has 3 aliphatic heterocycles. The molecular formula is C29H32N2O5S. The van der Waals surface area contributed by atoms with Crippen molar-refractivity contribution in [2.24, 2.45) is 5.92 Å². The maximum absolute atomic E-state index is 13.2. The van der Waals surface area contributed by atoms with Crippen LogP contribution in [-0.2, 0) is 14.4 Å². The maximum atomic E-state index is 13.2. The predicted molar refractivity (Wildman–Crippen MR) is 142 cm³/mol. The quantitative estimate of drug-likeness (QED) is 0.599. The third-order valence-corrected chi connectivity index (χ3v) is 8.94. The van der Waals surface area contributed by atoms with Gasteiger partial charge in [-0.05, 0) is 62.8 Å². The van der Waals surface area contributed by atoms with Gasteiger partial charge in [-0.2, -0.15) is 0 Å². The molecule has 1 aromatic carbocycles. The van der Waals surface area contributed by atoms with Gasteiger partial charge in [0.1, 0.15) is 5.75 Å². The maximum Gasteiger partial charge on any atom is 0.246 e. The second kappa shape index (κ2) is 11.1. The van der Waals surface area contributed by atoms with Gasteiger partial charge in [-0.3, -0.25) is 19.2 Å². The number of ketones is 2. The van der Waals surface area contributed by atoms with E-state index in [4.69, 9.17) is 0 Å². The number of allylic oxidation sites excluding steroid dienone is 2. The lowest BCUT2D eigenvalue weighted by Gasteiger charge is -2.32. The average molecular weight is 521 g/mol. The lowest BCUT2D eigenvalue weighted by atomic mass is 9.82. The summed E-state index contributed by atoms with van der Waals surface area (Å²) in [7, 11) is 0. The first-order chi connectivity index (χ1) is 17.9. The van der Waals surface area contributed by atoms with Gasteiger partial charge < -0.3 is 14.9 Å². The summed E-state index contributed by atoms with van der Waals surface area (Å²) in [5, 5.41) is 10.3. The van der Waals surface area contributed by atoms with E-state index >= 15 is 0 Å². The molecule has 0 aromatic heterocycles. The van der Waals surface area contributed by atoms with Gasteiger partial charge in [-0.1, -0.05) is 6.08 Å². The van der Waals surface area contributed by atoms with Crippen molar-refractivity contribution in [3.63, 3.8) is 0 Å². The van der Waals surface area contributed by atoms with E-state index in [2.05, 4.69) is 0 Å². The number of carbonyl (C=O) groups excluding carboxylic acids is 4. The fraction of sp³-hybridized carbons (Fsp3) is 0.448. The Bertz CT molecular complexity index is 1200. The zero-order valence-electron chi connectivity index (χ0n) is 20.9. The number of hydrogen-bond acceptors (Lipinski definition) is 6. The average Bonchev–Trinajstić information content (AvgIpc) is 2.92. The Balaban J connectivity index is 1.33. The molecule has 2 unspecified atom stereocenters. The number of benzene rings is 1. The molecule has 1 N–H and O–H groups in total. The molecule has 2 atom stereocenters. The van der Waals surface area contributed by atoms with E-state index < -0.39 is 5.92 Å². The molecule has 2 fully saturated rings. The number of carbonyl (C=O) groups is 4. The van der Waals surface area contributed by atoms with E-state index in [9.17, 15) is 24.3 Å². The van der Waals surface area contributed by atoms with Crippen LogP contribution in [0.5, 0.6) is 5.75 Å². The van der Waals surface area contributed by atoms with Gasteiger partial charge in [0, 0.05) is 77.5 Å². The molecule has 2 saturated heterocycles. The summed E-state index contributed by atoms with van der Waals surface area (Å²) >= 11 is 1.48. The zero-order valence-corrected chi connectivity index (χ0v) is 21.7. The fourth-order valence-electron chi connectivity index (χ4n) is 5.44. The van der Waals surface area contributed by atoms with E-state index in [0.717, 1.165) is 64.7 Å². The van der Waals surface area contributed by atoms with Gasteiger partial charge in [0.25, 0.3) is 0 Å². The molecule has 8 heteroatoms. The highest BCUT2D eigenvalue weighted by Gasteiger charge is 2.40. The van der Waals surface area contributed by atoms with Gasteiger partial charge in [0.2, 0.25) is 11.8 Å². The van der Waals surface area contributed by atoms with E-state index in [0.29, 0.717) is 21.6 Å². The third kappa shape index (κ3) is 5.59. The Hall–Kier alpha value is -3.13. The molecule has 1 aromatic rings. The monoisotopic (exact) mass is 520 g/mol. The molecule has 194 valence electrons. The van der Waals surface area contributed by atoms with Crippen LogP contribution in [0.1, 0.15) is 60.9 Å². The Morgan fingerprint density at radius 3 is 2.08 bits per heavy atom. The fourth-order valence-corrected chi connectivity index (χ4v) is 6.82. The summed E-state index contributed by atoms with van der Waals surface area (Å²) < 4.78 is 0. The van der Waals surface area contributed by atoms with Crippen LogP contribution >= 0.6 is 11.8 Å². The summed E-state index contributed by atoms with van der Waals surface area (Å²) in [4.78, 5) is 55.4. The van der Waals surface area contributed by atoms with Crippen molar-refractivity contribution in [2.75, 3.05) is 26.2 Å². The minimum Gasteiger partial charge on any atom is -0.507 e. The summed E-state index contributed by atoms with van der Waals surface area (Å²) in [6, 6.07) is 3.19. The number of likely N-dealkylation sites (tertiary alicyclic amines) is 2. The van der Waals surface area contributed by atoms with E-state index in [1.54, 1.807) is 24.3 Å². The number of nitrogens with zero attached hydrogens (tertiary/aromatic N) is 2. The topological polar surface area (TPSA) is 95.0 Å². The molecule has 3 heterocycles. The van der Waals surface area contributed by atoms with Crippen molar-refractivity contribution in [3.8, 4) is 5.75 Å². The first kappa shape index (κ1) is 25.5. The van der Waals surface area contributed by atoms with Crippen molar-refractivity contribution in [2.45, 2.75) is 55.1 Å². The number of Topliss-reactive ketones (excluding diaryl/α,β-unsaturated/α-hetero) is 2. The highest BCUT2D eigenvalue weighted by atomic mass is 32.2. The molecular weight excluding hydrogens is 488 g/mol. The minimum absolute atomic E-state index is 0.0635. The molecule has 0 spiro atoms. The number of hydrogen-bond donors (Lipinski definition) is 1. The number of amides is 2. The molecule has 7 nitrogen and oxygen atoms in total. The minimum atomic E-state index is -0.499. The van der Waals surface area contributed by atoms with Crippen LogP contribution in [0.25, 0.3) is 6.08 Å². The standard InChI is InChI=1S/C29H32N2O5S/c32-23-17-21-25(15-19(23)7-9-27(34)30-11-3-1-4-12-30)37-26-16-20(24(33)18-22(26)29(21)36)8-10-28(35)31-13-5-2-6-14-31/h7-10,15-17,22,26,32H,1-6,11-14,18H2/b9-7+,10-8+. The van der Waals surface area contributed by atoms with Gasteiger partial charge in [-0.25, -0.2) is 0 Å². The van der Waals surface area contributed by atoms with Crippen LogP contribution in [0.3, 0.4) is 0 Å². The Labute approximate surface area is 221 Å². The molecule has 0 bridgehead atoms. The Kier molecular flexibility index (Phi) is 7.65. The van der Waals surface area contributed by atoms with Crippen LogP contribution in [0.2, 0.25) is 0 Å². The van der Waals surface area contributed by atoms with Crippen molar-refractivity contribution < 1.29 is 24.3 Å². The largest absolute Gasteiger partial charge is 0.507 e. The van der Waals surface area contributed by atoms with Crippen molar-refractivity contribution in [1.29, 1.82) is 0 Å². The second-order valence-electron chi connectivity index (χ2n) is 10.1. The SMILES string of the molecule is O=C1CC2C(=O)c3cc(O)c(/C=C/C(=O)N4CCCCC4)cc3SC2C=C1/C=C/C(=O)N1CCCCC1. The van der Waals surface area contributed by atoms with E-state index in [1.165, 1.54) is 30.0 Å². The van der Waals surface area contributed by atoms with E-state index in [-0.39, 0.29) is 40.8 Å². The molecule has 0 saturated carbocycles. The number of rotatable bonds is 4. The lowest BCUT2D eigenvalue weighted by Crippen LogP contribution is -2.35. The van der Waals surface area contributed by atoms with Crippen LogP contribution in [0.15, 0.2) is 46.9 Å². The molecule has 2 amide bonds. The summed E-state index contributed by atoms with van der Waals surface area (Å²) in [5.74, 6) is -1.04. The number of fused-ring (bicyclic) bond motifs is 2.